The van der Waals surface area contributed by atoms with E-state index in [2.05, 4.69) is 11.8 Å². The van der Waals surface area contributed by atoms with Crippen molar-refractivity contribution in [2.24, 2.45) is 5.92 Å². The maximum absolute atomic E-state index is 2.89. The molecule has 3 aliphatic rings. The van der Waals surface area contributed by atoms with Crippen LogP contribution in [0.2, 0.25) is 0 Å². The Hall–Kier alpha value is -0.0400. The molecule has 0 unspecified atom stereocenters. The van der Waals surface area contributed by atoms with Crippen LogP contribution >= 0.6 is 0 Å². The van der Waals surface area contributed by atoms with Crippen molar-refractivity contribution in [3.05, 3.63) is 0 Å². The molecular formula is C12H21N. The van der Waals surface area contributed by atoms with Crippen molar-refractivity contribution in [2.45, 2.75) is 63.5 Å². The highest BCUT2D eigenvalue weighted by Gasteiger charge is 2.51. The monoisotopic (exact) mass is 179 g/mol. The van der Waals surface area contributed by atoms with Gasteiger partial charge in [-0.2, -0.15) is 0 Å². The van der Waals surface area contributed by atoms with E-state index in [1.54, 1.807) is 0 Å². The third kappa shape index (κ3) is 1.24. The molecule has 74 valence electrons. The zero-order chi connectivity index (χ0) is 8.89. The predicted octanol–water partition coefficient (Wildman–Crippen LogP) is 2.80. The number of rotatable bonds is 1. The Bertz CT molecular complexity index is 196. The number of nitrogens with zero attached hydrogens (tertiary/aromatic N) is 1. The summed E-state index contributed by atoms with van der Waals surface area (Å²) in [6.07, 6.45) is 10.5. The summed E-state index contributed by atoms with van der Waals surface area (Å²) in [5, 5.41) is 0. The zero-order valence-corrected chi connectivity index (χ0v) is 8.76. The highest BCUT2D eigenvalue weighted by molar-refractivity contribution is 5.07. The molecule has 1 heteroatoms. The van der Waals surface area contributed by atoms with E-state index >= 15 is 0 Å². The maximum Gasteiger partial charge on any atom is 0.0217 e. The number of likely N-dealkylation sites (tertiary alicyclic amines) is 1. The minimum atomic E-state index is 0.707. The molecule has 1 saturated heterocycles. The van der Waals surface area contributed by atoms with Gasteiger partial charge in [-0.15, -0.1) is 0 Å². The predicted molar refractivity (Wildman–Crippen MR) is 54.7 cm³/mol. The fourth-order valence-electron chi connectivity index (χ4n) is 3.75. The van der Waals surface area contributed by atoms with Crippen molar-refractivity contribution >= 4 is 0 Å². The first-order valence-electron chi connectivity index (χ1n) is 6.07. The smallest absolute Gasteiger partial charge is 0.0217 e. The van der Waals surface area contributed by atoms with Crippen LogP contribution in [0.15, 0.2) is 0 Å². The summed E-state index contributed by atoms with van der Waals surface area (Å²) in [4.78, 5) is 2.89. The average Bonchev–Trinajstić information content (AvgIpc) is 2.86. The molecule has 1 spiro atoms. The summed E-state index contributed by atoms with van der Waals surface area (Å²) in [7, 11) is 0. The lowest BCUT2D eigenvalue weighted by Gasteiger charge is -2.56. The third-order valence-corrected chi connectivity index (χ3v) is 4.34. The van der Waals surface area contributed by atoms with Gasteiger partial charge >= 0.3 is 0 Å². The van der Waals surface area contributed by atoms with Crippen molar-refractivity contribution in [3.63, 3.8) is 0 Å². The lowest BCUT2D eigenvalue weighted by molar-refractivity contribution is -0.0533. The molecule has 0 aromatic heterocycles. The average molecular weight is 179 g/mol. The normalized spacial score (nSPS) is 46.4. The van der Waals surface area contributed by atoms with Crippen LogP contribution in [0.5, 0.6) is 0 Å². The van der Waals surface area contributed by atoms with Crippen LogP contribution in [0.3, 0.4) is 0 Å². The summed E-state index contributed by atoms with van der Waals surface area (Å²) < 4.78 is 0. The second-order valence-corrected chi connectivity index (χ2v) is 5.62. The van der Waals surface area contributed by atoms with Gasteiger partial charge in [-0.05, 0) is 51.0 Å². The fourth-order valence-corrected chi connectivity index (χ4v) is 3.75. The van der Waals surface area contributed by atoms with Gasteiger partial charge in [0.2, 0.25) is 0 Å². The first-order valence-corrected chi connectivity index (χ1v) is 6.07. The minimum Gasteiger partial charge on any atom is -0.295 e. The van der Waals surface area contributed by atoms with Crippen molar-refractivity contribution in [1.82, 2.24) is 4.90 Å². The van der Waals surface area contributed by atoms with E-state index in [1.165, 1.54) is 51.5 Å². The van der Waals surface area contributed by atoms with Gasteiger partial charge in [0.05, 0.1) is 0 Å². The maximum atomic E-state index is 2.89. The topological polar surface area (TPSA) is 3.24 Å². The summed E-state index contributed by atoms with van der Waals surface area (Å²) in [6, 6.07) is 1.01. The number of piperidine rings is 1. The van der Waals surface area contributed by atoms with Crippen LogP contribution < -0.4 is 0 Å². The molecule has 2 saturated carbocycles. The Balaban J connectivity index is 1.74. The third-order valence-electron chi connectivity index (χ3n) is 4.34. The molecule has 0 radical (unpaired) electrons. The van der Waals surface area contributed by atoms with Crippen LogP contribution in [0, 0.1) is 5.92 Å². The van der Waals surface area contributed by atoms with Gasteiger partial charge in [0.25, 0.3) is 0 Å². The van der Waals surface area contributed by atoms with Crippen molar-refractivity contribution in [3.8, 4) is 0 Å². The molecule has 0 bridgehead atoms. The van der Waals surface area contributed by atoms with E-state index in [0.717, 1.165) is 12.0 Å². The van der Waals surface area contributed by atoms with Crippen LogP contribution in [0.1, 0.15) is 51.9 Å². The Morgan fingerprint density at radius 3 is 2.54 bits per heavy atom. The zero-order valence-electron chi connectivity index (χ0n) is 8.76. The molecule has 1 heterocycles. The van der Waals surface area contributed by atoms with Crippen LogP contribution in [0.25, 0.3) is 0 Å². The molecule has 1 aliphatic heterocycles. The lowest BCUT2D eigenvalue weighted by atomic mass is 9.64. The number of hydrogen-bond donors (Lipinski definition) is 0. The van der Waals surface area contributed by atoms with E-state index in [4.69, 9.17) is 0 Å². The summed E-state index contributed by atoms with van der Waals surface area (Å²) in [5.74, 6) is 1.01. The summed E-state index contributed by atoms with van der Waals surface area (Å²) in [5.41, 5.74) is 0.707. The SMILES string of the molecule is CC1CC2(CCCCN2C2CC2)C1. The standard InChI is InChI=1S/C12H21N/c1-10-8-12(9-10)6-2-3-7-13(12)11-4-5-11/h10-11H,2-9H2,1H3. The van der Waals surface area contributed by atoms with Crippen molar-refractivity contribution < 1.29 is 0 Å². The Morgan fingerprint density at radius 2 is 1.92 bits per heavy atom. The fraction of sp³-hybridized carbons (Fsp3) is 1.00. The van der Waals surface area contributed by atoms with E-state index in [-0.39, 0.29) is 0 Å². The molecule has 13 heavy (non-hydrogen) atoms. The van der Waals surface area contributed by atoms with Gasteiger partial charge in [0.1, 0.15) is 0 Å². The van der Waals surface area contributed by atoms with Crippen molar-refractivity contribution in [2.75, 3.05) is 6.54 Å². The molecule has 0 aromatic rings. The van der Waals surface area contributed by atoms with Crippen molar-refractivity contribution in [1.29, 1.82) is 0 Å². The molecule has 2 aliphatic carbocycles. The molecule has 0 atom stereocenters. The Morgan fingerprint density at radius 1 is 1.15 bits per heavy atom. The molecule has 3 rings (SSSR count). The Labute approximate surface area is 81.5 Å². The van der Waals surface area contributed by atoms with E-state index < -0.39 is 0 Å². The molecule has 3 fully saturated rings. The van der Waals surface area contributed by atoms with E-state index in [1.807, 2.05) is 0 Å². The number of hydrogen-bond acceptors (Lipinski definition) is 1. The van der Waals surface area contributed by atoms with Gasteiger partial charge in [-0.3, -0.25) is 4.90 Å². The van der Waals surface area contributed by atoms with Gasteiger partial charge in [-0.1, -0.05) is 13.3 Å². The highest BCUT2D eigenvalue weighted by atomic mass is 15.3. The quantitative estimate of drug-likeness (QED) is 0.598. The molecule has 0 N–H and O–H groups in total. The molecule has 0 aromatic carbocycles. The molecule has 0 amide bonds. The highest BCUT2D eigenvalue weighted by Crippen LogP contribution is 2.51. The molecule has 1 nitrogen and oxygen atoms in total. The molecular weight excluding hydrogens is 158 g/mol. The first-order chi connectivity index (χ1) is 6.30. The van der Waals surface area contributed by atoms with E-state index in [9.17, 15) is 0 Å². The minimum absolute atomic E-state index is 0.707. The van der Waals surface area contributed by atoms with Gasteiger partial charge in [0.15, 0.2) is 0 Å². The van der Waals surface area contributed by atoms with Gasteiger partial charge in [0, 0.05) is 11.6 Å². The van der Waals surface area contributed by atoms with Crippen LogP contribution in [-0.4, -0.2) is 23.0 Å². The second-order valence-electron chi connectivity index (χ2n) is 5.62. The van der Waals surface area contributed by atoms with Crippen LogP contribution in [-0.2, 0) is 0 Å². The Kier molecular flexibility index (Phi) is 1.74. The largest absolute Gasteiger partial charge is 0.295 e. The van der Waals surface area contributed by atoms with Gasteiger partial charge in [-0.25, -0.2) is 0 Å². The van der Waals surface area contributed by atoms with E-state index in [0.29, 0.717) is 5.54 Å². The summed E-state index contributed by atoms with van der Waals surface area (Å²) in [6.45, 7) is 3.84. The van der Waals surface area contributed by atoms with Gasteiger partial charge < -0.3 is 0 Å². The summed E-state index contributed by atoms with van der Waals surface area (Å²) >= 11 is 0. The second kappa shape index (κ2) is 2.73. The first kappa shape index (κ1) is 8.28. The lowest BCUT2D eigenvalue weighted by Crippen LogP contribution is -2.59. The van der Waals surface area contributed by atoms with Crippen LogP contribution in [0.4, 0.5) is 0 Å².